The maximum absolute atomic E-state index is 6.05. The van der Waals surface area contributed by atoms with Crippen LogP contribution in [0.3, 0.4) is 0 Å². The van der Waals surface area contributed by atoms with Crippen molar-refractivity contribution in [1.82, 2.24) is 0 Å². The Labute approximate surface area is 149 Å². The van der Waals surface area contributed by atoms with E-state index in [1.165, 1.54) is 0 Å². The van der Waals surface area contributed by atoms with Crippen LogP contribution in [0, 0.1) is 5.41 Å². The van der Waals surface area contributed by atoms with E-state index in [1.54, 1.807) is 0 Å². The minimum absolute atomic E-state index is 0.273. The van der Waals surface area contributed by atoms with Crippen LogP contribution in [0.2, 0.25) is 6.04 Å². The van der Waals surface area contributed by atoms with Crippen LogP contribution in [0.25, 0.3) is 0 Å². The van der Waals surface area contributed by atoms with E-state index in [0.29, 0.717) is 19.8 Å². The van der Waals surface area contributed by atoms with E-state index in [4.69, 9.17) is 22.8 Å². The smallest absolute Gasteiger partial charge is 0.380 e. The lowest BCUT2D eigenvalue weighted by Gasteiger charge is -2.41. The Morgan fingerprint density at radius 3 is 1.96 bits per heavy atom. The Hall–Kier alpha value is 0.0169. The molecule has 0 aromatic rings. The number of unbranched alkanes of at least 4 members (excludes halogenated alkanes) is 1. The first-order chi connectivity index (χ1) is 11.6. The fourth-order valence-corrected chi connectivity index (χ4v) is 5.64. The van der Waals surface area contributed by atoms with Crippen LogP contribution < -0.4 is 0 Å². The normalized spacial score (nSPS) is 18.4. The molecule has 1 saturated heterocycles. The second kappa shape index (κ2) is 11.6. The molecule has 0 radical (unpaired) electrons. The zero-order valence-corrected chi connectivity index (χ0v) is 17.4. The monoisotopic (exact) mass is 362 g/mol. The van der Waals surface area contributed by atoms with Gasteiger partial charge in [-0.1, -0.05) is 13.3 Å². The van der Waals surface area contributed by atoms with E-state index >= 15 is 0 Å². The first-order valence-corrected chi connectivity index (χ1v) is 11.6. The third kappa shape index (κ3) is 7.10. The van der Waals surface area contributed by atoms with Crippen molar-refractivity contribution in [2.75, 3.05) is 39.6 Å². The van der Waals surface area contributed by atoms with E-state index in [2.05, 4.69) is 13.8 Å². The second-order valence-electron chi connectivity index (χ2n) is 6.70. The largest absolute Gasteiger partial charge is 0.500 e. The number of ether oxygens (including phenoxy) is 2. The average molecular weight is 363 g/mol. The summed E-state index contributed by atoms with van der Waals surface area (Å²) in [5, 5.41) is 0. The van der Waals surface area contributed by atoms with E-state index in [0.717, 1.165) is 51.5 Å². The summed E-state index contributed by atoms with van der Waals surface area (Å²) in [6.07, 6.45) is 4.65. The van der Waals surface area contributed by atoms with Crippen LogP contribution in [0.15, 0.2) is 0 Å². The summed E-state index contributed by atoms with van der Waals surface area (Å²) in [6.45, 7) is 14.9. The van der Waals surface area contributed by atoms with Gasteiger partial charge in [0.1, 0.15) is 0 Å². The van der Waals surface area contributed by atoms with Gasteiger partial charge in [-0.2, -0.15) is 0 Å². The fraction of sp³-hybridized carbons (Fsp3) is 1.00. The predicted molar refractivity (Wildman–Crippen MR) is 98.2 cm³/mol. The quantitative estimate of drug-likeness (QED) is 0.325. The molecule has 1 unspecified atom stereocenters. The van der Waals surface area contributed by atoms with Crippen molar-refractivity contribution >= 4 is 8.80 Å². The van der Waals surface area contributed by atoms with E-state index < -0.39 is 8.80 Å². The lowest BCUT2D eigenvalue weighted by molar-refractivity contribution is -0.159. The summed E-state index contributed by atoms with van der Waals surface area (Å²) in [5.41, 5.74) is 0.273. The molecule has 0 N–H and O–H groups in total. The van der Waals surface area contributed by atoms with Gasteiger partial charge in [-0.15, -0.1) is 0 Å². The van der Waals surface area contributed by atoms with Crippen molar-refractivity contribution < 1.29 is 22.8 Å². The molecule has 1 rings (SSSR count). The van der Waals surface area contributed by atoms with Crippen LogP contribution in [-0.4, -0.2) is 54.5 Å². The highest BCUT2D eigenvalue weighted by Crippen LogP contribution is 2.32. The Balaban J connectivity index is 2.26. The molecule has 1 atom stereocenters. The minimum Gasteiger partial charge on any atom is -0.380 e. The Bertz CT molecular complexity index is 300. The summed E-state index contributed by atoms with van der Waals surface area (Å²) >= 11 is 0. The van der Waals surface area contributed by atoms with Gasteiger partial charge in [0.25, 0.3) is 0 Å². The predicted octanol–water partition coefficient (Wildman–Crippen LogP) is 4.04. The third-order valence-electron chi connectivity index (χ3n) is 4.68. The number of hydrogen-bond acceptors (Lipinski definition) is 5. The topological polar surface area (TPSA) is 46.2 Å². The summed E-state index contributed by atoms with van der Waals surface area (Å²) in [7, 11) is -2.48. The SMILES string of the molecule is CCO[Si](CCCCC(C)OCC1(CC)COC1)(OCC)OCC. The van der Waals surface area contributed by atoms with Gasteiger partial charge in [0.15, 0.2) is 0 Å². The molecule has 1 aliphatic heterocycles. The molecule has 0 bridgehead atoms. The van der Waals surface area contributed by atoms with Crippen molar-refractivity contribution in [3.8, 4) is 0 Å². The molecule has 1 fully saturated rings. The molecule has 24 heavy (non-hydrogen) atoms. The van der Waals surface area contributed by atoms with Crippen LogP contribution in [0.1, 0.15) is 60.3 Å². The maximum atomic E-state index is 6.05. The second-order valence-corrected chi connectivity index (χ2v) is 9.43. The highest BCUT2D eigenvalue weighted by atomic mass is 28.4. The fourth-order valence-electron chi connectivity index (χ4n) is 2.96. The van der Waals surface area contributed by atoms with Gasteiger partial charge in [0, 0.05) is 31.3 Å². The van der Waals surface area contributed by atoms with Gasteiger partial charge >= 0.3 is 8.80 Å². The van der Waals surface area contributed by atoms with Gasteiger partial charge < -0.3 is 22.8 Å². The van der Waals surface area contributed by atoms with Crippen molar-refractivity contribution in [2.24, 2.45) is 5.41 Å². The van der Waals surface area contributed by atoms with Crippen molar-refractivity contribution in [2.45, 2.75) is 72.5 Å². The molecular weight excluding hydrogens is 324 g/mol. The molecule has 0 aliphatic carbocycles. The Morgan fingerprint density at radius 1 is 0.958 bits per heavy atom. The highest BCUT2D eigenvalue weighted by molar-refractivity contribution is 6.60. The molecule has 0 aromatic heterocycles. The Morgan fingerprint density at radius 2 is 1.54 bits per heavy atom. The first kappa shape index (κ1) is 22.1. The van der Waals surface area contributed by atoms with Gasteiger partial charge in [-0.05, 0) is 47.0 Å². The van der Waals surface area contributed by atoms with Gasteiger partial charge in [-0.25, -0.2) is 0 Å². The van der Waals surface area contributed by atoms with E-state index in [1.807, 2.05) is 20.8 Å². The molecule has 0 amide bonds. The lowest BCUT2D eigenvalue weighted by Crippen LogP contribution is -2.46. The standard InChI is InChI=1S/C18H38O5Si/c1-6-18(14-19-15-18)16-20-17(5)12-10-11-13-24(21-7-2,22-8-3)23-9-4/h17H,6-16H2,1-5H3. The van der Waals surface area contributed by atoms with E-state index in [-0.39, 0.29) is 11.5 Å². The summed E-state index contributed by atoms with van der Waals surface area (Å²) in [4.78, 5) is 0. The summed E-state index contributed by atoms with van der Waals surface area (Å²) in [6, 6.07) is 0.891. The van der Waals surface area contributed by atoms with Crippen molar-refractivity contribution in [3.63, 3.8) is 0 Å². The zero-order valence-electron chi connectivity index (χ0n) is 16.4. The number of rotatable bonds is 15. The van der Waals surface area contributed by atoms with Gasteiger partial charge in [0.2, 0.25) is 0 Å². The minimum atomic E-state index is -2.48. The molecule has 6 heteroatoms. The number of hydrogen-bond donors (Lipinski definition) is 0. The maximum Gasteiger partial charge on any atom is 0.500 e. The third-order valence-corrected chi connectivity index (χ3v) is 7.83. The molecular formula is C18H38O5Si. The zero-order chi connectivity index (χ0) is 17.9. The molecule has 0 spiro atoms. The first-order valence-electron chi connectivity index (χ1n) is 9.66. The van der Waals surface area contributed by atoms with Gasteiger partial charge in [-0.3, -0.25) is 0 Å². The van der Waals surface area contributed by atoms with Crippen LogP contribution in [0.4, 0.5) is 0 Å². The molecule has 0 saturated carbocycles. The lowest BCUT2D eigenvalue weighted by atomic mass is 9.84. The highest BCUT2D eigenvalue weighted by Gasteiger charge is 2.40. The molecule has 1 heterocycles. The van der Waals surface area contributed by atoms with Crippen molar-refractivity contribution in [3.05, 3.63) is 0 Å². The molecule has 5 nitrogen and oxygen atoms in total. The van der Waals surface area contributed by atoms with Crippen molar-refractivity contribution in [1.29, 1.82) is 0 Å². The summed E-state index contributed by atoms with van der Waals surface area (Å²) < 4.78 is 29.1. The van der Waals surface area contributed by atoms with Crippen LogP contribution in [-0.2, 0) is 22.8 Å². The van der Waals surface area contributed by atoms with Crippen LogP contribution in [0.5, 0.6) is 0 Å². The van der Waals surface area contributed by atoms with Crippen LogP contribution >= 0.6 is 0 Å². The molecule has 144 valence electrons. The van der Waals surface area contributed by atoms with E-state index in [9.17, 15) is 0 Å². The summed E-state index contributed by atoms with van der Waals surface area (Å²) in [5.74, 6) is 0. The van der Waals surface area contributed by atoms with Gasteiger partial charge in [0.05, 0.1) is 25.9 Å². The molecule has 1 aliphatic rings. The average Bonchev–Trinajstić information content (AvgIpc) is 2.52. The Kier molecular flexibility index (Phi) is 10.7. The molecule has 0 aromatic carbocycles.